The minimum absolute atomic E-state index is 0.0848. The maximum atomic E-state index is 11.7. The summed E-state index contributed by atoms with van der Waals surface area (Å²) in [6.07, 6.45) is 3.09. The van der Waals surface area contributed by atoms with Gasteiger partial charge in [0.25, 0.3) is 5.91 Å². The van der Waals surface area contributed by atoms with Gasteiger partial charge in [0.2, 0.25) is 0 Å². The summed E-state index contributed by atoms with van der Waals surface area (Å²) in [5, 5.41) is 11.3. The summed E-state index contributed by atoms with van der Waals surface area (Å²) < 4.78 is 0. The molecule has 0 saturated heterocycles. The number of hydrogen-bond donors (Lipinski definition) is 2. The molecule has 1 amide bonds. The zero-order valence-corrected chi connectivity index (χ0v) is 9.92. The van der Waals surface area contributed by atoms with Gasteiger partial charge in [-0.3, -0.25) is 9.78 Å². The molecule has 0 radical (unpaired) electrons. The fraction of sp³-hybridized carbons (Fsp3) is 0.333. The summed E-state index contributed by atoms with van der Waals surface area (Å²) in [6.45, 7) is 1.38. The van der Waals surface area contributed by atoms with Crippen LogP contribution in [-0.2, 0) is 9.59 Å². The average Bonchev–Trinajstić information content (AvgIpc) is 2.34. The number of carbonyl (C=O) groups is 3. The van der Waals surface area contributed by atoms with E-state index in [0.717, 1.165) is 0 Å². The third-order valence-electron chi connectivity index (χ3n) is 2.33. The van der Waals surface area contributed by atoms with Crippen LogP contribution in [0.25, 0.3) is 0 Å². The Labute approximate surface area is 104 Å². The highest BCUT2D eigenvalue weighted by Crippen LogP contribution is 2.02. The molecule has 0 unspecified atom stereocenters. The molecule has 2 N–H and O–H groups in total. The lowest BCUT2D eigenvalue weighted by molar-refractivity contribution is -0.139. The van der Waals surface area contributed by atoms with Crippen molar-refractivity contribution in [1.29, 1.82) is 0 Å². The Morgan fingerprint density at radius 1 is 1.33 bits per heavy atom. The van der Waals surface area contributed by atoms with E-state index in [4.69, 9.17) is 5.11 Å². The van der Waals surface area contributed by atoms with Gasteiger partial charge >= 0.3 is 5.97 Å². The van der Waals surface area contributed by atoms with Gasteiger partial charge in [0.05, 0.1) is 0 Å². The van der Waals surface area contributed by atoms with Crippen LogP contribution in [0.4, 0.5) is 0 Å². The van der Waals surface area contributed by atoms with E-state index in [2.05, 4.69) is 10.3 Å². The van der Waals surface area contributed by atoms with Crippen molar-refractivity contribution in [3.05, 3.63) is 30.1 Å². The topological polar surface area (TPSA) is 96.4 Å². The molecule has 96 valence electrons. The monoisotopic (exact) mass is 250 g/mol. The fourth-order valence-electron chi connectivity index (χ4n) is 1.35. The molecule has 18 heavy (non-hydrogen) atoms. The smallest absolute Gasteiger partial charge is 0.326 e. The van der Waals surface area contributed by atoms with Crippen LogP contribution in [-0.4, -0.2) is 33.8 Å². The molecular formula is C12H14N2O4. The number of ketones is 1. The van der Waals surface area contributed by atoms with Gasteiger partial charge < -0.3 is 15.2 Å². The number of rotatable bonds is 6. The number of pyridine rings is 1. The molecule has 0 spiro atoms. The number of aliphatic carboxylic acids is 1. The Morgan fingerprint density at radius 3 is 2.44 bits per heavy atom. The number of aromatic nitrogens is 1. The van der Waals surface area contributed by atoms with Crippen molar-refractivity contribution in [3.63, 3.8) is 0 Å². The predicted octanol–water partition coefficient (Wildman–Crippen LogP) is 0.634. The molecule has 1 aromatic heterocycles. The summed E-state index contributed by atoms with van der Waals surface area (Å²) >= 11 is 0. The first-order valence-corrected chi connectivity index (χ1v) is 5.44. The fourth-order valence-corrected chi connectivity index (χ4v) is 1.35. The number of carboxylic acid groups (broad SMARTS) is 1. The minimum Gasteiger partial charge on any atom is -0.480 e. The number of carboxylic acids is 1. The van der Waals surface area contributed by atoms with Crippen molar-refractivity contribution in [3.8, 4) is 0 Å². The van der Waals surface area contributed by atoms with Crippen LogP contribution in [0, 0.1) is 0 Å². The van der Waals surface area contributed by atoms with Crippen LogP contribution in [0.15, 0.2) is 24.5 Å². The highest BCUT2D eigenvalue weighted by Gasteiger charge is 2.20. The quantitative estimate of drug-likeness (QED) is 0.772. The van der Waals surface area contributed by atoms with Crippen molar-refractivity contribution < 1.29 is 19.5 Å². The Bertz CT molecular complexity index is 445. The van der Waals surface area contributed by atoms with Crippen molar-refractivity contribution in [2.75, 3.05) is 0 Å². The second-order valence-corrected chi connectivity index (χ2v) is 3.84. The van der Waals surface area contributed by atoms with E-state index in [1.165, 1.54) is 31.5 Å². The normalized spacial score (nSPS) is 11.6. The molecule has 1 aromatic rings. The van der Waals surface area contributed by atoms with Crippen LogP contribution in [0.2, 0.25) is 0 Å². The maximum absolute atomic E-state index is 11.7. The van der Waals surface area contributed by atoms with E-state index in [-0.39, 0.29) is 18.6 Å². The summed E-state index contributed by atoms with van der Waals surface area (Å²) in [4.78, 5) is 37.2. The van der Waals surface area contributed by atoms with E-state index in [1.54, 1.807) is 0 Å². The average molecular weight is 250 g/mol. The van der Waals surface area contributed by atoms with Gasteiger partial charge in [-0.05, 0) is 25.5 Å². The lowest BCUT2D eigenvalue weighted by Gasteiger charge is -2.13. The van der Waals surface area contributed by atoms with E-state index in [9.17, 15) is 14.4 Å². The van der Waals surface area contributed by atoms with Crippen molar-refractivity contribution >= 4 is 17.7 Å². The first-order chi connectivity index (χ1) is 8.50. The zero-order valence-electron chi connectivity index (χ0n) is 9.92. The van der Waals surface area contributed by atoms with E-state index < -0.39 is 17.9 Å². The van der Waals surface area contributed by atoms with Crippen LogP contribution in [0.1, 0.15) is 30.1 Å². The van der Waals surface area contributed by atoms with Crippen LogP contribution >= 0.6 is 0 Å². The van der Waals surface area contributed by atoms with Crippen LogP contribution in [0.3, 0.4) is 0 Å². The molecule has 6 heteroatoms. The van der Waals surface area contributed by atoms with Gasteiger partial charge in [0.1, 0.15) is 11.8 Å². The molecule has 6 nitrogen and oxygen atoms in total. The Morgan fingerprint density at radius 2 is 1.94 bits per heavy atom. The number of nitrogens with one attached hydrogen (secondary N) is 1. The zero-order chi connectivity index (χ0) is 13.5. The molecular weight excluding hydrogens is 236 g/mol. The largest absolute Gasteiger partial charge is 0.480 e. The molecule has 1 rings (SSSR count). The van der Waals surface area contributed by atoms with Gasteiger partial charge in [0.15, 0.2) is 0 Å². The Hall–Kier alpha value is -2.24. The summed E-state index contributed by atoms with van der Waals surface area (Å²) in [5.41, 5.74) is 0.332. The standard InChI is InChI=1S/C12H14N2O4/c1-8(15)2-3-10(12(17)18)14-11(16)9-4-6-13-7-5-9/h4-7,10H,2-3H2,1H3,(H,14,16)(H,17,18)/t10-/m1/s1. The number of hydrogen-bond acceptors (Lipinski definition) is 4. The number of Topliss-reactive ketones (excluding diaryl/α,β-unsaturated/α-hetero) is 1. The van der Waals surface area contributed by atoms with Gasteiger partial charge in [-0.1, -0.05) is 0 Å². The number of nitrogens with zero attached hydrogens (tertiary/aromatic N) is 1. The van der Waals surface area contributed by atoms with Crippen LogP contribution < -0.4 is 5.32 Å². The second-order valence-electron chi connectivity index (χ2n) is 3.84. The Kier molecular flexibility index (Phi) is 4.98. The molecule has 0 aliphatic rings. The number of amides is 1. The Balaban J connectivity index is 2.64. The van der Waals surface area contributed by atoms with Crippen molar-refractivity contribution in [1.82, 2.24) is 10.3 Å². The second kappa shape index (κ2) is 6.48. The maximum Gasteiger partial charge on any atom is 0.326 e. The van der Waals surface area contributed by atoms with Crippen molar-refractivity contribution in [2.24, 2.45) is 0 Å². The molecule has 1 atom stereocenters. The van der Waals surface area contributed by atoms with Gasteiger partial charge in [-0.2, -0.15) is 0 Å². The SMILES string of the molecule is CC(=O)CC[C@@H](NC(=O)c1ccncc1)C(=O)O. The highest BCUT2D eigenvalue weighted by atomic mass is 16.4. The highest BCUT2D eigenvalue weighted by molar-refractivity contribution is 5.96. The molecule has 0 bridgehead atoms. The first-order valence-electron chi connectivity index (χ1n) is 5.44. The summed E-state index contributed by atoms with van der Waals surface area (Å²) in [5.74, 6) is -1.76. The van der Waals surface area contributed by atoms with Gasteiger partial charge in [-0.25, -0.2) is 4.79 Å². The molecule has 0 aliphatic carbocycles. The van der Waals surface area contributed by atoms with Gasteiger partial charge in [0, 0.05) is 24.4 Å². The first kappa shape index (κ1) is 13.8. The van der Waals surface area contributed by atoms with E-state index >= 15 is 0 Å². The number of carbonyl (C=O) groups excluding carboxylic acids is 2. The van der Waals surface area contributed by atoms with E-state index in [1.807, 2.05) is 0 Å². The molecule has 0 fully saturated rings. The predicted molar refractivity (Wildman–Crippen MR) is 63.0 cm³/mol. The third kappa shape index (κ3) is 4.32. The third-order valence-corrected chi connectivity index (χ3v) is 2.33. The van der Waals surface area contributed by atoms with Gasteiger partial charge in [-0.15, -0.1) is 0 Å². The molecule has 0 aromatic carbocycles. The van der Waals surface area contributed by atoms with Crippen molar-refractivity contribution in [2.45, 2.75) is 25.8 Å². The van der Waals surface area contributed by atoms with E-state index in [0.29, 0.717) is 5.56 Å². The lowest BCUT2D eigenvalue weighted by atomic mass is 10.1. The molecule has 0 saturated carbocycles. The summed E-state index contributed by atoms with van der Waals surface area (Å²) in [6, 6.07) is 1.91. The molecule has 1 heterocycles. The minimum atomic E-state index is -1.15. The van der Waals surface area contributed by atoms with Crippen LogP contribution in [0.5, 0.6) is 0 Å². The summed E-state index contributed by atoms with van der Waals surface area (Å²) in [7, 11) is 0. The lowest BCUT2D eigenvalue weighted by Crippen LogP contribution is -2.41. The molecule has 0 aliphatic heterocycles.